The molecule has 7 heteroatoms. The van der Waals surface area contributed by atoms with Gasteiger partial charge in [-0.2, -0.15) is 0 Å². The van der Waals surface area contributed by atoms with E-state index in [0.29, 0.717) is 5.76 Å². The Morgan fingerprint density at radius 3 is 2.67 bits per heavy atom. The Labute approximate surface area is 119 Å². The van der Waals surface area contributed by atoms with Gasteiger partial charge in [0.05, 0.1) is 18.5 Å². The second kappa shape index (κ2) is 6.34. The highest BCUT2D eigenvalue weighted by molar-refractivity contribution is 5.84. The molecule has 0 bridgehead atoms. The molecule has 4 nitrogen and oxygen atoms in total. The molecule has 1 aromatic carbocycles. The number of hydrogen-bond acceptors (Lipinski definition) is 3. The van der Waals surface area contributed by atoms with E-state index in [9.17, 15) is 18.0 Å². The summed E-state index contributed by atoms with van der Waals surface area (Å²) < 4.78 is 44.4. The predicted molar refractivity (Wildman–Crippen MR) is 70.0 cm³/mol. The molecule has 0 aliphatic rings. The van der Waals surface area contributed by atoms with Gasteiger partial charge in [-0.05, 0) is 31.2 Å². The molecule has 2 aromatic rings. The van der Waals surface area contributed by atoms with Crippen LogP contribution in [0.25, 0.3) is 0 Å². The Bertz CT molecular complexity index is 629. The maximum Gasteiger partial charge on any atom is 0.242 e. The maximum atomic E-state index is 13.5. The number of halogens is 3. The predicted octanol–water partition coefficient (Wildman–Crippen LogP) is 2.81. The standard InChI is InChI=1S/C14H13F3N2O2/c1-8(14(20)18-7-9-3-2-6-21-9)19-11-5-4-10(15)12(16)13(11)17/h2-6,8,19H,7H2,1H3,(H,18,20). The Hall–Kier alpha value is -2.44. The van der Waals surface area contributed by atoms with Gasteiger partial charge in [-0.1, -0.05) is 0 Å². The summed E-state index contributed by atoms with van der Waals surface area (Å²) in [4.78, 5) is 11.8. The fourth-order valence-corrected chi connectivity index (χ4v) is 1.68. The maximum absolute atomic E-state index is 13.5. The Morgan fingerprint density at radius 2 is 2.00 bits per heavy atom. The molecule has 0 fully saturated rings. The van der Waals surface area contributed by atoms with Crippen molar-refractivity contribution >= 4 is 11.6 Å². The minimum Gasteiger partial charge on any atom is -0.467 e. The first-order valence-electron chi connectivity index (χ1n) is 6.19. The molecule has 0 saturated carbocycles. The molecule has 0 spiro atoms. The van der Waals surface area contributed by atoms with Gasteiger partial charge in [0.15, 0.2) is 17.5 Å². The van der Waals surface area contributed by atoms with Crippen LogP contribution in [0.5, 0.6) is 0 Å². The quantitative estimate of drug-likeness (QED) is 0.835. The van der Waals surface area contributed by atoms with Crippen molar-refractivity contribution in [3.8, 4) is 0 Å². The molecule has 0 aliphatic heterocycles. The topological polar surface area (TPSA) is 54.3 Å². The van der Waals surface area contributed by atoms with Crippen LogP contribution in [0.4, 0.5) is 18.9 Å². The largest absolute Gasteiger partial charge is 0.467 e. The monoisotopic (exact) mass is 298 g/mol. The summed E-state index contributed by atoms with van der Waals surface area (Å²) in [5.74, 6) is -4.10. The van der Waals surface area contributed by atoms with Crippen molar-refractivity contribution in [3.63, 3.8) is 0 Å². The molecule has 1 heterocycles. The van der Waals surface area contributed by atoms with Crippen molar-refractivity contribution in [1.82, 2.24) is 5.32 Å². The fourth-order valence-electron chi connectivity index (χ4n) is 1.68. The van der Waals surface area contributed by atoms with Gasteiger partial charge in [-0.3, -0.25) is 4.79 Å². The van der Waals surface area contributed by atoms with E-state index in [-0.39, 0.29) is 12.2 Å². The van der Waals surface area contributed by atoms with E-state index >= 15 is 0 Å². The number of carbonyl (C=O) groups is 1. The van der Waals surface area contributed by atoms with Crippen molar-refractivity contribution in [2.45, 2.75) is 19.5 Å². The highest BCUT2D eigenvalue weighted by Crippen LogP contribution is 2.20. The highest BCUT2D eigenvalue weighted by Gasteiger charge is 2.18. The summed E-state index contributed by atoms with van der Waals surface area (Å²) in [6.45, 7) is 1.65. The first-order chi connectivity index (χ1) is 9.99. The van der Waals surface area contributed by atoms with Crippen molar-refractivity contribution in [2.24, 2.45) is 0 Å². The van der Waals surface area contributed by atoms with E-state index in [1.807, 2.05) is 0 Å². The van der Waals surface area contributed by atoms with Gasteiger partial charge in [0, 0.05) is 0 Å². The average molecular weight is 298 g/mol. The SMILES string of the molecule is CC(Nc1ccc(F)c(F)c1F)C(=O)NCc1ccco1. The molecule has 1 atom stereocenters. The Morgan fingerprint density at radius 1 is 1.24 bits per heavy atom. The summed E-state index contributed by atoms with van der Waals surface area (Å²) in [5, 5.41) is 5.05. The van der Waals surface area contributed by atoms with E-state index in [4.69, 9.17) is 4.42 Å². The third-order valence-corrected chi connectivity index (χ3v) is 2.82. The smallest absolute Gasteiger partial charge is 0.242 e. The van der Waals surface area contributed by atoms with Crippen molar-refractivity contribution in [2.75, 3.05) is 5.32 Å². The van der Waals surface area contributed by atoms with Crippen LogP contribution in [0, 0.1) is 17.5 Å². The lowest BCUT2D eigenvalue weighted by atomic mass is 10.2. The second-order valence-electron chi connectivity index (χ2n) is 4.39. The zero-order valence-electron chi connectivity index (χ0n) is 11.1. The number of furan rings is 1. The van der Waals surface area contributed by atoms with Crippen LogP contribution < -0.4 is 10.6 Å². The fraction of sp³-hybridized carbons (Fsp3) is 0.214. The van der Waals surface area contributed by atoms with Gasteiger partial charge < -0.3 is 15.1 Å². The van der Waals surface area contributed by atoms with E-state index in [1.165, 1.54) is 13.2 Å². The number of anilines is 1. The first-order valence-corrected chi connectivity index (χ1v) is 6.19. The van der Waals surface area contributed by atoms with E-state index in [0.717, 1.165) is 12.1 Å². The molecule has 1 aromatic heterocycles. The van der Waals surface area contributed by atoms with Gasteiger partial charge in [0.1, 0.15) is 11.8 Å². The van der Waals surface area contributed by atoms with Crippen LogP contribution in [0.3, 0.4) is 0 Å². The molecule has 1 amide bonds. The lowest BCUT2D eigenvalue weighted by Gasteiger charge is -2.15. The summed E-state index contributed by atoms with van der Waals surface area (Å²) in [6, 6.07) is 4.35. The number of carbonyl (C=O) groups excluding carboxylic acids is 1. The third-order valence-electron chi connectivity index (χ3n) is 2.82. The number of rotatable bonds is 5. The molecule has 0 radical (unpaired) electrons. The molecular weight excluding hydrogens is 285 g/mol. The van der Waals surface area contributed by atoms with Gasteiger partial charge in [-0.25, -0.2) is 13.2 Å². The van der Waals surface area contributed by atoms with Crippen molar-refractivity contribution in [1.29, 1.82) is 0 Å². The number of hydrogen-bond donors (Lipinski definition) is 2. The zero-order chi connectivity index (χ0) is 15.4. The third kappa shape index (κ3) is 3.56. The van der Waals surface area contributed by atoms with E-state index in [1.54, 1.807) is 12.1 Å². The second-order valence-corrected chi connectivity index (χ2v) is 4.39. The molecule has 0 aliphatic carbocycles. The van der Waals surface area contributed by atoms with Gasteiger partial charge in [0.2, 0.25) is 5.91 Å². The van der Waals surface area contributed by atoms with Crippen molar-refractivity contribution in [3.05, 3.63) is 53.7 Å². The van der Waals surface area contributed by atoms with Crippen LogP contribution in [0.1, 0.15) is 12.7 Å². The van der Waals surface area contributed by atoms with Crippen LogP contribution >= 0.6 is 0 Å². The lowest BCUT2D eigenvalue weighted by molar-refractivity contribution is -0.121. The molecule has 2 rings (SSSR count). The Balaban J connectivity index is 1.96. The summed E-state index contributed by atoms with van der Waals surface area (Å²) in [5.41, 5.74) is -0.283. The van der Waals surface area contributed by atoms with Gasteiger partial charge in [-0.15, -0.1) is 0 Å². The number of benzene rings is 1. The summed E-state index contributed by atoms with van der Waals surface area (Å²) in [6.07, 6.45) is 1.47. The van der Waals surface area contributed by atoms with Gasteiger partial charge >= 0.3 is 0 Å². The minimum absolute atomic E-state index is 0.179. The summed E-state index contributed by atoms with van der Waals surface area (Å²) >= 11 is 0. The van der Waals surface area contributed by atoms with Crippen LogP contribution in [0.2, 0.25) is 0 Å². The van der Waals surface area contributed by atoms with E-state index in [2.05, 4.69) is 10.6 Å². The average Bonchev–Trinajstić information content (AvgIpc) is 2.98. The zero-order valence-corrected chi connectivity index (χ0v) is 11.1. The first kappa shape index (κ1) is 15.0. The number of nitrogens with one attached hydrogen (secondary N) is 2. The van der Waals surface area contributed by atoms with Crippen molar-refractivity contribution < 1.29 is 22.4 Å². The lowest BCUT2D eigenvalue weighted by Crippen LogP contribution is -2.37. The van der Waals surface area contributed by atoms with Gasteiger partial charge in [0.25, 0.3) is 0 Å². The molecule has 1 unspecified atom stereocenters. The molecule has 21 heavy (non-hydrogen) atoms. The molecule has 2 N–H and O–H groups in total. The van der Waals surface area contributed by atoms with Crippen LogP contribution in [-0.2, 0) is 11.3 Å². The summed E-state index contributed by atoms with van der Waals surface area (Å²) in [7, 11) is 0. The van der Waals surface area contributed by atoms with Crippen LogP contribution in [-0.4, -0.2) is 11.9 Å². The van der Waals surface area contributed by atoms with E-state index < -0.39 is 29.4 Å². The molecule has 0 saturated heterocycles. The molecular formula is C14H13F3N2O2. The Kier molecular flexibility index (Phi) is 4.52. The van der Waals surface area contributed by atoms with Crippen LogP contribution in [0.15, 0.2) is 34.9 Å². The normalized spacial score (nSPS) is 12.0. The highest BCUT2D eigenvalue weighted by atomic mass is 19.2. The number of amides is 1. The minimum atomic E-state index is -1.58. The molecule has 112 valence electrons.